The van der Waals surface area contributed by atoms with Crippen LogP contribution >= 0.6 is 0 Å². The molecule has 0 fully saturated rings. The quantitative estimate of drug-likeness (QED) is 0.713. The van der Waals surface area contributed by atoms with Crippen molar-refractivity contribution in [1.29, 1.82) is 0 Å². The highest BCUT2D eigenvalue weighted by atomic mass is 28.2. The molecular formula is C16H16Si. The molecule has 0 N–H and O–H groups in total. The Morgan fingerprint density at radius 1 is 0.647 bits per heavy atom. The normalized spacial score (nSPS) is 9.88. The minimum absolute atomic E-state index is 0.350. The van der Waals surface area contributed by atoms with Gasteiger partial charge in [0, 0.05) is 0 Å². The van der Waals surface area contributed by atoms with Crippen LogP contribution in [0, 0.1) is 0 Å². The summed E-state index contributed by atoms with van der Waals surface area (Å²) in [4.78, 5) is 0. The minimum atomic E-state index is -0.350. The van der Waals surface area contributed by atoms with Gasteiger partial charge in [-0.15, -0.1) is 0 Å². The molecule has 2 aromatic carbocycles. The molecule has 1 heteroatoms. The summed E-state index contributed by atoms with van der Waals surface area (Å²) in [6.07, 6.45) is 3.76. The third kappa shape index (κ3) is 3.05. The average Bonchev–Trinajstić information content (AvgIpc) is 2.40. The Morgan fingerprint density at radius 3 is 1.29 bits per heavy atom. The van der Waals surface area contributed by atoms with Crippen molar-refractivity contribution in [2.45, 2.75) is 0 Å². The molecule has 17 heavy (non-hydrogen) atoms. The first-order chi connectivity index (χ1) is 8.31. The topological polar surface area (TPSA) is 0 Å². The molecule has 0 bridgehead atoms. The summed E-state index contributed by atoms with van der Waals surface area (Å²) >= 11 is 0. The number of benzene rings is 2. The van der Waals surface area contributed by atoms with Gasteiger partial charge in [0.15, 0.2) is 0 Å². The standard InChI is InChI=1S/C16H16Si/c1-3-13-5-9-15(10-6-13)17-16-11-7-14(4-2)8-12-16/h3-12H,1-2,17H2. The van der Waals surface area contributed by atoms with Gasteiger partial charge in [-0.3, -0.25) is 0 Å². The van der Waals surface area contributed by atoms with E-state index >= 15 is 0 Å². The molecule has 0 aliphatic rings. The summed E-state index contributed by atoms with van der Waals surface area (Å²) in [5, 5.41) is 2.92. The van der Waals surface area contributed by atoms with Crippen molar-refractivity contribution in [3.05, 3.63) is 72.8 Å². The van der Waals surface area contributed by atoms with Gasteiger partial charge in [0.2, 0.25) is 0 Å². The average molecular weight is 236 g/mol. The van der Waals surface area contributed by atoms with Gasteiger partial charge in [-0.1, -0.05) is 84.2 Å². The lowest BCUT2D eigenvalue weighted by Gasteiger charge is -2.02. The molecule has 0 saturated heterocycles. The molecule has 0 saturated carbocycles. The van der Waals surface area contributed by atoms with E-state index in [1.807, 2.05) is 12.2 Å². The third-order valence-corrected chi connectivity index (χ3v) is 4.60. The molecule has 0 aliphatic heterocycles. The molecule has 0 spiro atoms. The van der Waals surface area contributed by atoms with Crippen molar-refractivity contribution in [3.8, 4) is 0 Å². The lowest BCUT2D eigenvalue weighted by molar-refractivity contribution is 1.69. The van der Waals surface area contributed by atoms with Crippen LogP contribution in [0.3, 0.4) is 0 Å². The van der Waals surface area contributed by atoms with Gasteiger partial charge in [0.25, 0.3) is 0 Å². The Labute approximate surface area is 105 Å². The predicted octanol–water partition coefficient (Wildman–Crippen LogP) is 2.09. The lowest BCUT2D eigenvalue weighted by atomic mass is 10.2. The van der Waals surface area contributed by atoms with Gasteiger partial charge < -0.3 is 0 Å². The van der Waals surface area contributed by atoms with Gasteiger partial charge in [0.1, 0.15) is 0 Å². The minimum Gasteiger partial charge on any atom is -0.0985 e. The van der Waals surface area contributed by atoms with E-state index in [9.17, 15) is 0 Å². The largest absolute Gasteiger partial charge is 0.0985 e. The maximum Gasteiger partial charge on any atom is 0.0875 e. The molecule has 2 aromatic rings. The monoisotopic (exact) mass is 236 g/mol. The van der Waals surface area contributed by atoms with Crippen LogP contribution in [0.1, 0.15) is 11.1 Å². The Bertz CT molecular complexity index is 457. The van der Waals surface area contributed by atoms with Crippen LogP contribution in [0.2, 0.25) is 0 Å². The summed E-state index contributed by atoms with van der Waals surface area (Å²) in [5.41, 5.74) is 2.37. The highest BCUT2D eigenvalue weighted by Crippen LogP contribution is 1.99. The fourth-order valence-corrected chi connectivity index (χ4v) is 3.19. The summed E-state index contributed by atoms with van der Waals surface area (Å²) in [6.45, 7) is 7.53. The smallest absolute Gasteiger partial charge is 0.0875 e. The van der Waals surface area contributed by atoms with Crippen LogP contribution in [-0.2, 0) is 0 Å². The molecule has 0 radical (unpaired) electrons. The Kier molecular flexibility index (Phi) is 3.73. The van der Waals surface area contributed by atoms with Gasteiger partial charge >= 0.3 is 0 Å². The molecule has 2 rings (SSSR count). The summed E-state index contributed by atoms with van der Waals surface area (Å²) in [6, 6.07) is 17.4. The van der Waals surface area contributed by atoms with Crippen LogP contribution in [-0.4, -0.2) is 9.52 Å². The SMILES string of the molecule is C=Cc1ccc([SiH2]c2ccc(C=C)cc2)cc1. The maximum atomic E-state index is 3.77. The third-order valence-electron chi connectivity index (χ3n) is 2.84. The Morgan fingerprint density at radius 2 is 1.00 bits per heavy atom. The fraction of sp³-hybridized carbons (Fsp3) is 0. The fourth-order valence-electron chi connectivity index (χ4n) is 1.78. The zero-order valence-electron chi connectivity index (χ0n) is 9.89. The van der Waals surface area contributed by atoms with Gasteiger partial charge in [-0.25, -0.2) is 0 Å². The molecule has 84 valence electrons. The van der Waals surface area contributed by atoms with Crippen LogP contribution in [0.5, 0.6) is 0 Å². The van der Waals surface area contributed by atoms with E-state index < -0.39 is 0 Å². The number of hydrogen-bond donors (Lipinski definition) is 0. The molecule has 0 heterocycles. The van der Waals surface area contributed by atoms with E-state index in [0.717, 1.165) is 0 Å². The molecule has 0 unspecified atom stereocenters. The second kappa shape index (κ2) is 5.46. The van der Waals surface area contributed by atoms with E-state index in [4.69, 9.17) is 0 Å². The molecule has 0 aromatic heterocycles. The van der Waals surface area contributed by atoms with Crippen LogP contribution in [0.4, 0.5) is 0 Å². The number of hydrogen-bond acceptors (Lipinski definition) is 0. The van der Waals surface area contributed by atoms with Crippen molar-refractivity contribution in [2.24, 2.45) is 0 Å². The van der Waals surface area contributed by atoms with Gasteiger partial charge in [-0.2, -0.15) is 0 Å². The second-order valence-electron chi connectivity index (χ2n) is 4.07. The van der Waals surface area contributed by atoms with Crippen molar-refractivity contribution >= 4 is 32.0 Å². The van der Waals surface area contributed by atoms with Crippen LogP contribution < -0.4 is 10.4 Å². The van der Waals surface area contributed by atoms with Gasteiger partial charge in [-0.05, 0) is 11.1 Å². The summed E-state index contributed by atoms with van der Waals surface area (Å²) in [5.74, 6) is 0. The van der Waals surface area contributed by atoms with Crippen LogP contribution in [0.25, 0.3) is 12.2 Å². The second-order valence-corrected chi connectivity index (χ2v) is 6.05. The van der Waals surface area contributed by atoms with Crippen molar-refractivity contribution in [1.82, 2.24) is 0 Å². The zero-order chi connectivity index (χ0) is 12.1. The highest BCUT2D eigenvalue weighted by molar-refractivity contribution is 6.67. The summed E-state index contributed by atoms with van der Waals surface area (Å²) in [7, 11) is -0.350. The van der Waals surface area contributed by atoms with E-state index in [-0.39, 0.29) is 9.52 Å². The van der Waals surface area contributed by atoms with Gasteiger partial charge in [0.05, 0.1) is 9.52 Å². The van der Waals surface area contributed by atoms with Crippen molar-refractivity contribution < 1.29 is 0 Å². The molecule has 0 nitrogen and oxygen atoms in total. The Hall–Kier alpha value is -1.86. The first-order valence-electron chi connectivity index (χ1n) is 5.74. The predicted molar refractivity (Wildman–Crippen MR) is 80.9 cm³/mol. The van der Waals surface area contributed by atoms with E-state index in [1.54, 1.807) is 0 Å². The number of rotatable bonds is 4. The van der Waals surface area contributed by atoms with Crippen LogP contribution in [0.15, 0.2) is 61.7 Å². The lowest BCUT2D eigenvalue weighted by Crippen LogP contribution is -2.26. The molecule has 0 aliphatic carbocycles. The molecule has 0 atom stereocenters. The first-order valence-corrected chi connectivity index (χ1v) is 7.16. The highest BCUT2D eigenvalue weighted by Gasteiger charge is 1.97. The van der Waals surface area contributed by atoms with Crippen molar-refractivity contribution in [3.63, 3.8) is 0 Å². The van der Waals surface area contributed by atoms with E-state index in [1.165, 1.54) is 21.5 Å². The first kappa shape index (κ1) is 11.6. The van der Waals surface area contributed by atoms with E-state index in [0.29, 0.717) is 0 Å². The van der Waals surface area contributed by atoms with E-state index in [2.05, 4.69) is 61.7 Å². The summed E-state index contributed by atoms with van der Waals surface area (Å²) < 4.78 is 0. The zero-order valence-corrected chi connectivity index (χ0v) is 11.3. The maximum absolute atomic E-state index is 3.77. The molecule has 0 amide bonds. The molecular weight excluding hydrogens is 220 g/mol. The Balaban J connectivity index is 2.13. The van der Waals surface area contributed by atoms with Crippen molar-refractivity contribution in [2.75, 3.05) is 0 Å².